The van der Waals surface area contributed by atoms with Crippen LogP contribution in [-0.4, -0.2) is 56.6 Å². The maximum atomic E-state index is 13.4. The molecule has 4 rings (SSSR count). The topological polar surface area (TPSA) is 50.8 Å². The molecule has 0 spiro atoms. The molecule has 1 N–H and O–H groups in total. The van der Waals surface area contributed by atoms with Gasteiger partial charge in [-0.2, -0.15) is 0 Å². The number of nitrogens with zero attached hydrogens (tertiary/aromatic N) is 1. The molecule has 1 aromatic carbocycles. The van der Waals surface area contributed by atoms with Crippen LogP contribution in [-0.2, 0) is 10.2 Å². The molecule has 0 unspecified atom stereocenters. The Morgan fingerprint density at radius 1 is 1.23 bits per heavy atom. The van der Waals surface area contributed by atoms with Gasteiger partial charge in [0.15, 0.2) is 5.78 Å². The summed E-state index contributed by atoms with van der Waals surface area (Å²) in [5, 5.41) is 3.36. The van der Waals surface area contributed by atoms with Crippen LogP contribution in [0.15, 0.2) is 66.0 Å². The minimum atomic E-state index is -0.467. The highest BCUT2D eigenvalue weighted by Crippen LogP contribution is 2.44. The molecule has 0 bridgehead atoms. The van der Waals surface area contributed by atoms with Crippen LogP contribution in [0, 0.1) is 0 Å². The zero-order valence-electron chi connectivity index (χ0n) is 17.9. The minimum Gasteiger partial charge on any atom is -0.492 e. The fourth-order valence-corrected chi connectivity index (χ4v) is 4.29. The lowest BCUT2D eigenvalue weighted by Crippen LogP contribution is -2.44. The summed E-state index contributed by atoms with van der Waals surface area (Å²) in [7, 11) is 0. The van der Waals surface area contributed by atoms with Crippen molar-refractivity contribution in [1.29, 1.82) is 0 Å². The van der Waals surface area contributed by atoms with Crippen molar-refractivity contribution in [3.63, 3.8) is 0 Å². The van der Waals surface area contributed by atoms with Crippen LogP contribution in [0.5, 0.6) is 5.75 Å². The lowest BCUT2D eigenvalue weighted by atomic mass is 9.71. The molecule has 0 atom stereocenters. The van der Waals surface area contributed by atoms with Gasteiger partial charge < -0.3 is 14.8 Å². The number of carbonyl (C=O) groups is 1. The van der Waals surface area contributed by atoms with Gasteiger partial charge in [0, 0.05) is 43.7 Å². The zero-order valence-corrected chi connectivity index (χ0v) is 17.9. The smallest absolute Gasteiger partial charge is 0.197 e. The predicted molar refractivity (Wildman–Crippen MR) is 119 cm³/mol. The van der Waals surface area contributed by atoms with E-state index in [1.54, 1.807) is 0 Å². The van der Waals surface area contributed by atoms with E-state index in [4.69, 9.17) is 9.47 Å². The lowest BCUT2D eigenvalue weighted by Gasteiger charge is -2.36. The second kappa shape index (κ2) is 8.62. The zero-order chi connectivity index (χ0) is 21.1. The number of nitrogens with one attached hydrogen (secondary N) is 1. The van der Waals surface area contributed by atoms with Crippen molar-refractivity contribution < 1.29 is 14.3 Å². The van der Waals surface area contributed by atoms with Gasteiger partial charge in [-0.3, -0.25) is 9.69 Å². The van der Waals surface area contributed by atoms with Gasteiger partial charge in [-0.1, -0.05) is 24.8 Å². The summed E-state index contributed by atoms with van der Waals surface area (Å²) >= 11 is 0. The molecule has 30 heavy (non-hydrogen) atoms. The van der Waals surface area contributed by atoms with Crippen molar-refractivity contribution in [3.05, 3.63) is 77.1 Å². The number of benzene rings is 1. The molecule has 0 aromatic heterocycles. The van der Waals surface area contributed by atoms with Crippen molar-refractivity contribution in [2.45, 2.75) is 19.3 Å². The molecule has 3 aliphatic rings. The summed E-state index contributed by atoms with van der Waals surface area (Å²) < 4.78 is 12.2. The number of ether oxygens (including phenoxy) is 2. The van der Waals surface area contributed by atoms with Crippen molar-refractivity contribution in [2.24, 2.45) is 0 Å². The van der Waals surface area contributed by atoms with E-state index in [0.717, 1.165) is 44.0 Å². The fourth-order valence-electron chi connectivity index (χ4n) is 4.29. The largest absolute Gasteiger partial charge is 0.492 e. The Morgan fingerprint density at radius 3 is 2.83 bits per heavy atom. The molecular formula is C25H30N2O3. The second-order valence-electron chi connectivity index (χ2n) is 8.43. The summed E-state index contributed by atoms with van der Waals surface area (Å²) in [6.07, 6.45) is 7.61. The third kappa shape index (κ3) is 4.00. The normalized spacial score (nSPS) is 23.4. The molecule has 1 saturated heterocycles. The highest BCUT2D eigenvalue weighted by Gasteiger charge is 2.41. The summed E-state index contributed by atoms with van der Waals surface area (Å²) in [6, 6.07) is 5.77. The summed E-state index contributed by atoms with van der Waals surface area (Å²) in [5.41, 5.74) is 2.41. The molecule has 0 radical (unpaired) electrons. The number of carbonyl (C=O) groups excluding carboxylic acids is 1. The fraction of sp³-hybridized carbons (Fsp3) is 0.400. The van der Waals surface area contributed by atoms with E-state index in [-0.39, 0.29) is 5.78 Å². The first-order chi connectivity index (χ1) is 14.5. The first-order valence-electron chi connectivity index (χ1n) is 10.6. The van der Waals surface area contributed by atoms with E-state index < -0.39 is 5.41 Å². The van der Waals surface area contributed by atoms with Gasteiger partial charge >= 0.3 is 0 Å². The average Bonchev–Trinajstić information content (AvgIpc) is 2.84. The number of rotatable bonds is 4. The molecule has 2 aliphatic heterocycles. The Balaban J connectivity index is 1.59. The van der Waals surface area contributed by atoms with Gasteiger partial charge in [0.2, 0.25) is 0 Å². The molecule has 1 aromatic rings. The van der Waals surface area contributed by atoms with E-state index in [9.17, 15) is 4.79 Å². The summed E-state index contributed by atoms with van der Waals surface area (Å²) in [4.78, 5) is 15.8. The van der Waals surface area contributed by atoms with E-state index in [1.165, 1.54) is 0 Å². The lowest BCUT2D eigenvalue weighted by molar-refractivity contribution is 0.100. The number of fused-ring (bicyclic) bond motifs is 1. The van der Waals surface area contributed by atoms with Crippen molar-refractivity contribution in [3.8, 4) is 5.75 Å². The van der Waals surface area contributed by atoms with Crippen LogP contribution in [0.3, 0.4) is 0 Å². The SMILES string of the molecule is C=C1/C=C\C=C/COC2=C1C(=O)c1ccc(OCCN3CCNCC3)cc1C2(C)C. The average molecular weight is 407 g/mol. The number of allylic oxidation sites excluding steroid dienone is 6. The molecular weight excluding hydrogens is 376 g/mol. The monoisotopic (exact) mass is 406 g/mol. The molecule has 158 valence electrons. The number of hydrogen-bond donors (Lipinski definition) is 1. The Labute approximate surface area is 178 Å². The van der Waals surface area contributed by atoms with E-state index in [0.29, 0.717) is 35.7 Å². The van der Waals surface area contributed by atoms with E-state index in [2.05, 4.69) is 30.6 Å². The third-order valence-electron chi connectivity index (χ3n) is 6.01. The standard InChI is InChI=1S/C25H30N2O3/c1-18-7-5-4-6-15-30-24-22(18)23(28)20-9-8-19(17-21(20)25(24,2)3)29-16-14-27-12-10-26-11-13-27/h4-9,17,26H,1,10-16H2,2-3H3/b6-4-,7-5-. The van der Waals surface area contributed by atoms with Gasteiger partial charge in [0.25, 0.3) is 0 Å². The third-order valence-corrected chi connectivity index (χ3v) is 6.01. The van der Waals surface area contributed by atoms with Crippen LogP contribution in [0.1, 0.15) is 29.8 Å². The minimum absolute atomic E-state index is 0.0387. The number of piperazine rings is 1. The van der Waals surface area contributed by atoms with Crippen molar-refractivity contribution in [1.82, 2.24) is 10.2 Å². The highest BCUT2D eigenvalue weighted by atomic mass is 16.5. The molecule has 1 aliphatic carbocycles. The first kappa shape index (κ1) is 20.6. The molecule has 5 nitrogen and oxygen atoms in total. The first-order valence-corrected chi connectivity index (χ1v) is 10.6. The van der Waals surface area contributed by atoms with Crippen LogP contribution in [0.2, 0.25) is 0 Å². The molecule has 1 fully saturated rings. The van der Waals surface area contributed by atoms with Gasteiger partial charge in [0.05, 0.1) is 5.57 Å². The number of Topliss-reactive ketones (excluding diaryl/α,β-unsaturated/α-hetero) is 1. The maximum Gasteiger partial charge on any atom is 0.197 e. The molecule has 0 saturated carbocycles. The van der Waals surface area contributed by atoms with Gasteiger partial charge in [-0.05, 0) is 49.3 Å². The van der Waals surface area contributed by atoms with Gasteiger partial charge in [0.1, 0.15) is 24.7 Å². The van der Waals surface area contributed by atoms with Crippen LogP contribution in [0.25, 0.3) is 0 Å². The van der Waals surface area contributed by atoms with E-state index in [1.807, 2.05) is 42.5 Å². The Morgan fingerprint density at radius 2 is 2.03 bits per heavy atom. The van der Waals surface area contributed by atoms with Crippen LogP contribution >= 0.6 is 0 Å². The summed E-state index contributed by atoms with van der Waals surface area (Å²) in [5.74, 6) is 1.43. The van der Waals surface area contributed by atoms with Crippen LogP contribution < -0.4 is 10.1 Å². The Kier molecular flexibility index (Phi) is 5.93. The van der Waals surface area contributed by atoms with Crippen LogP contribution in [0.4, 0.5) is 0 Å². The number of ketones is 1. The molecule has 5 heteroatoms. The quantitative estimate of drug-likeness (QED) is 0.831. The maximum absolute atomic E-state index is 13.4. The van der Waals surface area contributed by atoms with E-state index >= 15 is 0 Å². The number of hydrogen-bond acceptors (Lipinski definition) is 5. The summed E-state index contributed by atoms with van der Waals surface area (Å²) in [6.45, 7) is 14.4. The molecule has 2 heterocycles. The Hall–Kier alpha value is -2.63. The highest BCUT2D eigenvalue weighted by molar-refractivity contribution is 6.15. The second-order valence-corrected chi connectivity index (χ2v) is 8.43. The Bertz CT molecular complexity index is 934. The molecule has 0 amide bonds. The van der Waals surface area contributed by atoms with Gasteiger partial charge in [-0.25, -0.2) is 0 Å². The van der Waals surface area contributed by atoms with Crippen molar-refractivity contribution >= 4 is 5.78 Å². The van der Waals surface area contributed by atoms with Gasteiger partial charge in [-0.15, -0.1) is 0 Å². The van der Waals surface area contributed by atoms with Crippen molar-refractivity contribution in [2.75, 3.05) is 45.9 Å². The predicted octanol–water partition coefficient (Wildman–Crippen LogP) is 3.40.